The fraction of sp³-hybridized carbons (Fsp3) is 0. The topological polar surface area (TPSA) is 113 Å². The molecule has 0 radical (unpaired) electrons. The quantitative estimate of drug-likeness (QED) is 0.340. The summed E-state index contributed by atoms with van der Waals surface area (Å²) in [5, 5.41) is 15.9. The zero-order valence-corrected chi connectivity index (χ0v) is 12.0. The van der Waals surface area contributed by atoms with Crippen LogP contribution in [0.15, 0.2) is 54.6 Å². The van der Waals surface area contributed by atoms with Crippen molar-refractivity contribution in [2.24, 2.45) is 5.73 Å². The molecule has 0 aromatic heterocycles. The normalized spacial score (nSPS) is 10.4. The Bertz CT molecular complexity index is 762. The van der Waals surface area contributed by atoms with E-state index in [1.54, 1.807) is 30.3 Å². The standard InChI is InChI=1S/C17H14N2O4/c18-15(19)10-3-11-1-8-14(9-2-11)23-17(22)13-6-4-12(5-7-13)16(20)21/h1-10H,(H3,18,19)(H,20,21). The van der Waals surface area contributed by atoms with E-state index < -0.39 is 11.9 Å². The molecule has 0 aliphatic carbocycles. The predicted octanol–water partition coefficient (Wildman–Crippen LogP) is 2.55. The Kier molecular flexibility index (Phi) is 4.89. The molecule has 0 amide bonds. The fourth-order valence-corrected chi connectivity index (χ4v) is 1.75. The number of aromatic carboxylic acids is 1. The van der Waals surface area contributed by atoms with Crippen LogP contribution in [0.3, 0.4) is 0 Å². The number of carboxylic acids is 1. The zero-order valence-electron chi connectivity index (χ0n) is 12.0. The molecule has 0 atom stereocenters. The van der Waals surface area contributed by atoms with Crippen LogP contribution >= 0.6 is 0 Å². The number of carbonyl (C=O) groups excluding carboxylic acids is 1. The first-order valence-electron chi connectivity index (χ1n) is 6.63. The number of nitrogens with two attached hydrogens (primary N) is 1. The van der Waals surface area contributed by atoms with Crippen LogP contribution in [0.4, 0.5) is 0 Å². The minimum absolute atomic E-state index is 0.0506. The van der Waals surface area contributed by atoms with Crippen molar-refractivity contribution in [3.63, 3.8) is 0 Å². The molecule has 0 heterocycles. The number of carboxylic acid groups (broad SMARTS) is 1. The molecule has 0 aliphatic rings. The van der Waals surface area contributed by atoms with Crippen molar-refractivity contribution in [3.8, 4) is 5.75 Å². The summed E-state index contributed by atoms with van der Waals surface area (Å²) in [4.78, 5) is 22.7. The summed E-state index contributed by atoms with van der Waals surface area (Å²) in [7, 11) is 0. The number of hydrogen-bond donors (Lipinski definition) is 3. The highest BCUT2D eigenvalue weighted by Crippen LogP contribution is 2.15. The van der Waals surface area contributed by atoms with Gasteiger partial charge in [-0.25, -0.2) is 9.59 Å². The predicted molar refractivity (Wildman–Crippen MR) is 85.7 cm³/mol. The van der Waals surface area contributed by atoms with E-state index in [1.165, 1.54) is 30.3 Å². The Morgan fingerprint density at radius 3 is 2.09 bits per heavy atom. The smallest absolute Gasteiger partial charge is 0.343 e. The van der Waals surface area contributed by atoms with Crippen molar-refractivity contribution in [1.82, 2.24) is 0 Å². The van der Waals surface area contributed by atoms with E-state index in [1.807, 2.05) is 0 Å². The minimum atomic E-state index is -1.06. The van der Waals surface area contributed by atoms with Crippen LogP contribution in [0, 0.1) is 5.41 Å². The van der Waals surface area contributed by atoms with Crippen LogP contribution in [0.5, 0.6) is 5.75 Å². The summed E-state index contributed by atoms with van der Waals surface area (Å²) < 4.78 is 5.20. The van der Waals surface area contributed by atoms with Crippen molar-refractivity contribution < 1.29 is 19.4 Å². The summed E-state index contributed by atoms with van der Waals surface area (Å²) in [6, 6.07) is 12.1. The molecule has 23 heavy (non-hydrogen) atoms. The number of benzene rings is 2. The lowest BCUT2D eigenvalue weighted by Crippen LogP contribution is -2.09. The van der Waals surface area contributed by atoms with Crippen molar-refractivity contribution >= 4 is 23.9 Å². The van der Waals surface area contributed by atoms with Gasteiger partial charge in [0.15, 0.2) is 0 Å². The summed E-state index contributed by atoms with van der Waals surface area (Å²) in [5.41, 5.74) is 6.39. The maximum absolute atomic E-state index is 12.0. The molecule has 2 rings (SSSR count). The van der Waals surface area contributed by atoms with Gasteiger partial charge in [0.1, 0.15) is 11.6 Å². The Morgan fingerprint density at radius 2 is 1.57 bits per heavy atom. The van der Waals surface area contributed by atoms with Gasteiger partial charge in [-0.3, -0.25) is 5.41 Å². The molecule has 116 valence electrons. The molecule has 0 spiro atoms. The number of hydrogen-bond acceptors (Lipinski definition) is 4. The first-order valence-corrected chi connectivity index (χ1v) is 6.63. The first-order chi connectivity index (χ1) is 11.0. The van der Waals surface area contributed by atoms with E-state index in [2.05, 4.69) is 0 Å². The van der Waals surface area contributed by atoms with E-state index in [0.717, 1.165) is 5.56 Å². The Labute approximate surface area is 132 Å². The third-order valence-corrected chi connectivity index (χ3v) is 2.91. The van der Waals surface area contributed by atoms with Crippen LogP contribution in [0.25, 0.3) is 6.08 Å². The molecule has 4 N–H and O–H groups in total. The van der Waals surface area contributed by atoms with Crippen molar-refractivity contribution in [1.29, 1.82) is 5.41 Å². The SMILES string of the molecule is N=C(N)C=Cc1ccc(OC(=O)c2ccc(C(=O)O)cc2)cc1. The largest absolute Gasteiger partial charge is 0.478 e. The number of esters is 1. The Morgan fingerprint density at radius 1 is 1.00 bits per heavy atom. The molecular weight excluding hydrogens is 296 g/mol. The highest BCUT2D eigenvalue weighted by Gasteiger charge is 2.10. The lowest BCUT2D eigenvalue weighted by atomic mass is 10.1. The summed E-state index contributed by atoms with van der Waals surface area (Å²) in [6.07, 6.45) is 3.11. The lowest BCUT2D eigenvalue weighted by Gasteiger charge is -2.05. The second-order valence-corrected chi connectivity index (χ2v) is 4.63. The van der Waals surface area contributed by atoms with Crippen LogP contribution in [0.1, 0.15) is 26.3 Å². The average Bonchev–Trinajstić information content (AvgIpc) is 2.54. The van der Waals surface area contributed by atoms with Gasteiger partial charge in [0.25, 0.3) is 0 Å². The maximum Gasteiger partial charge on any atom is 0.343 e. The van der Waals surface area contributed by atoms with E-state index in [0.29, 0.717) is 5.75 Å². The van der Waals surface area contributed by atoms with E-state index in [-0.39, 0.29) is 17.0 Å². The van der Waals surface area contributed by atoms with Crippen LogP contribution in [-0.4, -0.2) is 22.9 Å². The molecule has 0 aliphatic heterocycles. The van der Waals surface area contributed by atoms with Crippen molar-refractivity contribution in [2.45, 2.75) is 0 Å². The molecule has 6 nitrogen and oxygen atoms in total. The molecule has 0 bridgehead atoms. The van der Waals surface area contributed by atoms with Crippen LogP contribution in [0.2, 0.25) is 0 Å². The number of nitrogens with one attached hydrogen (secondary N) is 1. The molecule has 0 unspecified atom stereocenters. The van der Waals surface area contributed by atoms with Gasteiger partial charge in [-0.1, -0.05) is 18.2 Å². The molecule has 6 heteroatoms. The third-order valence-electron chi connectivity index (χ3n) is 2.91. The molecule has 0 saturated carbocycles. The van der Waals surface area contributed by atoms with Gasteiger partial charge in [0, 0.05) is 0 Å². The molecule has 0 fully saturated rings. The first kappa shape index (κ1) is 16.0. The second-order valence-electron chi connectivity index (χ2n) is 4.63. The van der Waals surface area contributed by atoms with Crippen LogP contribution in [-0.2, 0) is 0 Å². The van der Waals surface area contributed by atoms with E-state index in [4.69, 9.17) is 21.0 Å². The van der Waals surface area contributed by atoms with Gasteiger partial charge in [0.2, 0.25) is 0 Å². The minimum Gasteiger partial charge on any atom is -0.478 e. The Hall–Kier alpha value is -3.41. The third kappa shape index (κ3) is 4.53. The summed E-state index contributed by atoms with van der Waals surface area (Å²) in [5.74, 6) is -1.32. The van der Waals surface area contributed by atoms with Gasteiger partial charge >= 0.3 is 11.9 Å². The highest BCUT2D eigenvalue weighted by molar-refractivity contribution is 5.94. The van der Waals surface area contributed by atoms with Crippen molar-refractivity contribution in [2.75, 3.05) is 0 Å². The molecular formula is C17H14N2O4. The van der Waals surface area contributed by atoms with E-state index >= 15 is 0 Å². The summed E-state index contributed by atoms with van der Waals surface area (Å²) >= 11 is 0. The van der Waals surface area contributed by atoms with Gasteiger partial charge < -0.3 is 15.6 Å². The van der Waals surface area contributed by atoms with Gasteiger partial charge in [-0.2, -0.15) is 0 Å². The number of amidine groups is 1. The number of ether oxygens (including phenoxy) is 1. The fourth-order valence-electron chi connectivity index (χ4n) is 1.75. The number of carbonyl (C=O) groups is 2. The second kappa shape index (κ2) is 7.04. The van der Waals surface area contributed by atoms with Gasteiger partial charge in [-0.15, -0.1) is 0 Å². The van der Waals surface area contributed by atoms with E-state index in [9.17, 15) is 9.59 Å². The van der Waals surface area contributed by atoms with Crippen molar-refractivity contribution in [3.05, 3.63) is 71.3 Å². The zero-order chi connectivity index (χ0) is 16.8. The van der Waals surface area contributed by atoms with Gasteiger partial charge in [-0.05, 0) is 48.0 Å². The molecule has 2 aromatic rings. The highest BCUT2D eigenvalue weighted by atomic mass is 16.5. The lowest BCUT2D eigenvalue weighted by molar-refractivity contribution is 0.0691. The Balaban J connectivity index is 2.05. The average molecular weight is 310 g/mol. The monoisotopic (exact) mass is 310 g/mol. The maximum atomic E-state index is 12.0. The van der Waals surface area contributed by atoms with Crippen LogP contribution < -0.4 is 10.5 Å². The molecule has 0 saturated heterocycles. The van der Waals surface area contributed by atoms with Gasteiger partial charge in [0.05, 0.1) is 11.1 Å². The summed E-state index contributed by atoms with van der Waals surface area (Å²) in [6.45, 7) is 0. The number of rotatable bonds is 5. The molecule has 2 aromatic carbocycles.